The van der Waals surface area contributed by atoms with Gasteiger partial charge in [-0.3, -0.25) is 9.78 Å². The first-order chi connectivity index (χ1) is 19.0. The van der Waals surface area contributed by atoms with E-state index >= 15 is 0 Å². The molecule has 0 bridgehead atoms. The lowest BCUT2D eigenvalue weighted by Gasteiger charge is -2.34. The largest absolute Gasteiger partial charge is 0.486 e. The molecule has 2 fully saturated rings. The number of ether oxygens (including phenoxy) is 2. The molecule has 1 aromatic heterocycles. The number of pyridine rings is 1. The van der Waals surface area contributed by atoms with E-state index in [1.807, 2.05) is 6.07 Å². The maximum Gasteiger partial charge on any atom is 0.241 e. The number of rotatable bonds is 5. The minimum absolute atomic E-state index is 0.00799. The van der Waals surface area contributed by atoms with Gasteiger partial charge in [-0.1, -0.05) is 23.3 Å². The molecule has 3 aromatic rings. The fourth-order valence-electron chi connectivity index (χ4n) is 6.03. The minimum atomic E-state index is -0.397. The maximum atomic E-state index is 11.4. The van der Waals surface area contributed by atoms with Gasteiger partial charge in [0, 0.05) is 55.5 Å². The van der Waals surface area contributed by atoms with Crippen molar-refractivity contribution in [2.75, 3.05) is 42.6 Å². The van der Waals surface area contributed by atoms with Gasteiger partial charge in [0.15, 0.2) is 0 Å². The van der Waals surface area contributed by atoms with E-state index in [4.69, 9.17) is 20.2 Å². The molecule has 1 atom stereocenters. The predicted octanol–water partition coefficient (Wildman–Crippen LogP) is 4.68. The number of aryl methyl sites for hydroxylation is 2. The van der Waals surface area contributed by atoms with Crippen LogP contribution >= 0.6 is 0 Å². The number of fused-ring (bicyclic) bond motifs is 2. The highest BCUT2D eigenvalue weighted by molar-refractivity contribution is 6.00. The van der Waals surface area contributed by atoms with Crippen molar-refractivity contribution in [1.82, 2.24) is 4.98 Å². The summed E-state index contributed by atoms with van der Waals surface area (Å²) in [5, 5.41) is 11.1. The molecule has 6 rings (SSSR count). The van der Waals surface area contributed by atoms with Crippen molar-refractivity contribution in [3.8, 4) is 11.8 Å². The summed E-state index contributed by atoms with van der Waals surface area (Å²) in [4.78, 5) is 20.7. The summed E-state index contributed by atoms with van der Waals surface area (Å²) in [5.41, 5.74) is 13.4. The number of carbonyl (C=O) groups excluding carboxylic acids is 1. The highest BCUT2D eigenvalue weighted by Gasteiger charge is 2.27. The van der Waals surface area contributed by atoms with Crippen LogP contribution in [0, 0.1) is 18.3 Å². The Kier molecular flexibility index (Phi) is 6.84. The molecular weight excluding hydrogens is 490 g/mol. The third-order valence-corrected chi connectivity index (χ3v) is 7.94. The zero-order valence-electron chi connectivity index (χ0n) is 22.3. The molecule has 2 N–H and O–H groups in total. The third kappa shape index (κ3) is 5.02. The van der Waals surface area contributed by atoms with Crippen LogP contribution in [0.5, 0.6) is 5.75 Å². The van der Waals surface area contributed by atoms with Gasteiger partial charge in [-0.25, -0.2) is 0 Å². The second kappa shape index (κ2) is 10.6. The number of nitrogens with zero attached hydrogens (tertiary/aromatic N) is 4. The van der Waals surface area contributed by atoms with E-state index in [9.17, 15) is 10.1 Å². The third-order valence-electron chi connectivity index (χ3n) is 7.94. The predicted molar refractivity (Wildman–Crippen MR) is 152 cm³/mol. The van der Waals surface area contributed by atoms with Crippen LogP contribution in [-0.2, 0) is 16.0 Å². The molecule has 3 aliphatic heterocycles. The van der Waals surface area contributed by atoms with Crippen LogP contribution in [0.4, 0.5) is 17.1 Å². The number of amides is 1. The minimum Gasteiger partial charge on any atom is -0.486 e. The second-order valence-electron chi connectivity index (χ2n) is 10.7. The van der Waals surface area contributed by atoms with Crippen molar-refractivity contribution >= 4 is 33.9 Å². The second-order valence-corrected chi connectivity index (χ2v) is 10.7. The summed E-state index contributed by atoms with van der Waals surface area (Å²) in [5.74, 6) is 0.379. The van der Waals surface area contributed by atoms with Gasteiger partial charge < -0.3 is 25.0 Å². The van der Waals surface area contributed by atoms with E-state index in [1.54, 1.807) is 12.3 Å². The molecule has 39 heavy (non-hydrogen) atoms. The first-order valence-corrected chi connectivity index (χ1v) is 13.7. The number of piperidine rings is 1. The molecule has 3 aliphatic rings. The molecule has 8 nitrogen and oxygen atoms in total. The molecule has 200 valence electrons. The number of nitriles is 1. The van der Waals surface area contributed by atoms with Gasteiger partial charge in [0.25, 0.3) is 0 Å². The molecule has 0 aliphatic carbocycles. The Labute approximate surface area is 228 Å². The molecule has 1 unspecified atom stereocenters. The molecule has 1 amide bonds. The molecule has 0 radical (unpaired) electrons. The smallest absolute Gasteiger partial charge is 0.241 e. The van der Waals surface area contributed by atoms with Crippen molar-refractivity contribution in [1.29, 1.82) is 5.26 Å². The molecule has 0 saturated carbocycles. The number of aromatic nitrogens is 1. The topological polar surface area (TPSA) is 105 Å². The molecule has 4 heterocycles. The number of primary amides is 1. The van der Waals surface area contributed by atoms with Gasteiger partial charge in [-0.05, 0) is 50.3 Å². The van der Waals surface area contributed by atoms with E-state index in [0.717, 1.165) is 91.0 Å². The van der Waals surface area contributed by atoms with Crippen molar-refractivity contribution < 1.29 is 14.3 Å². The van der Waals surface area contributed by atoms with E-state index < -0.39 is 5.91 Å². The summed E-state index contributed by atoms with van der Waals surface area (Å²) in [6, 6.07) is 13.1. The highest BCUT2D eigenvalue weighted by Crippen LogP contribution is 2.43. The lowest BCUT2D eigenvalue weighted by Crippen LogP contribution is -2.32. The zero-order valence-corrected chi connectivity index (χ0v) is 22.3. The highest BCUT2D eigenvalue weighted by atomic mass is 16.5. The monoisotopic (exact) mass is 523 g/mol. The van der Waals surface area contributed by atoms with Crippen molar-refractivity contribution in [3.05, 3.63) is 64.9 Å². The Morgan fingerprint density at radius 3 is 2.77 bits per heavy atom. The van der Waals surface area contributed by atoms with E-state index in [0.29, 0.717) is 18.8 Å². The SMILES string of the molecule is Cc1ccc2c(c1)CCCN2c1c(C#N)cnc2cc(OC3CCOC3)c(N3CCC(=CC(N)=O)CC3)cc12. The number of nitrogens with two attached hydrogens (primary N) is 1. The van der Waals surface area contributed by atoms with Crippen LogP contribution in [0.2, 0.25) is 0 Å². The number of benzene rings is 2. The van der Waals surface area contributed by atoms with Crippen LogP contribution in [0.15, 0.2) is 48.2 Å². The Morgan fingerprint density at radius 2 is 2.03 bits per heavy atom. The Balaban J connectivity index is 1.48. The van der Waals surface area contributed by atoms with E-state index in [1.165, 1.54) is 11.1 Å². The fraction of sp³-hybridized carbons (Fsp3) is 0.387. The van der Waals surface area contributed by atoms with Gasteiger partial charge in [0.2, 0.25) is 5.91 Å². The summed E-state index contributed by atoms with van der Waals surface area (Å²) in [6.07, 6.45) is 7.64. The molecule has 2 saturated heterocycles. The Hall–Kier alpha value is -4.09. The number of carbonyl (C=O) groups is 1. The summed E-state index contributed by atoms with van der Waals surface area (Å²) < 4.78 is 12.1. The van der Waals surface area contributed by atoms with Gasteiger partial charge >= 0.3 is 0 Å². The van der Waals surface area contributed by atoms with Crippen molar-refractivity contribution in [2.24, 2.45) is 5.73 Å². The molecule has 2 aromatic carbocycles. The molecule has 8 heteroatoms. The number of anilines is 3. The summed E-state index contributed by atoms with van der Waals surface area (Å²) in [6.45, 7) is 5.71. The van der Waals surface area contributed by atoms with Crippen LogP contribution in [0.25, 0.3) is 10.9 Å². The quantitative estimate of drug-likeness (QED) is 0.484. The maximum absolute atomic E-state index is 11.4. The average Bonchev–Trinajstić information content (AvgIpc) is 3.45. The van der Waals surface area contributed by atoms with Gasteiger partial charge in [0.05, 0.1) is 35.7 Å². The van der Waals surface area contributed by atoms with E-state index in [2.05, 4.69) is 47.1 Å². The first-order valence-electron chi connectivity index (χ1n) is 13.7. The lowest BCUT2D eigenvalue weighted by atomic mass is 9.97. The summed E-state index contributed by atoms with van der Waals surface area (Å²) >= 11 is 0. The normalized spacial score (nSPS) is 19.1. The Morgan fingerprint density at radius 1 is 1.18 bits per heavy atom. The fourth-order valence-corrected chi connectivity index (χ4v) is 6.03. The van der Waals surface area contributed by atoms with E-state index in [-0.39, 0.29) is 6.10 Å². The first kappa shape index (κ1) is 25.2. The number of hydrogen-bond acceptors (Lipinski definition) is 7. The van der Waals surface area contributed by atoms with Crippen molar-refractivity contribution in [2.45, 2.75) is 45.1 Å². The van der Waals surface area contributed by atoms with Crippen LogP contribution in [0.3, 0.4) is 0 Å². The van der Waals surface area contributed by atoms with Crippen LogP contribution in [0.1, 0.15) is 42.4 Å². The Bertz CT molecular complexity index is 1490. The summed E-state index contributed by atoms with van der Waals surface area (Å²) in [7, 11) is 0. The molecule has 0 spiro atoms. The van der Waals surface area contributed by atoms with Gasteiger partial charge in [0.1, 0.15) is 17.9 Å². The molecular formula is C31H33N5O3. The van der Waals surface area contributed by atoms with Crippen LogP contribution < -0.4 is 20.3 Å². The zero-order chi connectivity index (χ0) is 26.9. The van der Waals surface area contributed by atoms with Crippen molar-refractivity contribution in [3.63, 3.8) is 0 Å². The van der Waals surface area contributed by atoms with Gasteiger partial charge in [-0.15, -0.1) is 0 Å². The average molecular weight is 524 g/mol. The van der Waals surface area contributed by atoms with Crippen LogP contribution in [-0.4, -0.2) is 49.8 Å². The lowest BCUT2D eigenvalue weighted by molar-refractivity contribution is -0.113. The standard InChI is InChI=1S/C31H33N5O3/c1-20-4-5-27-22(13-20)3-2-9-36(27)31-23(17-32)18-34-26-16-29(39-24-8-12-38-19-24)28(15-25(26)31)35-10-6-21(7-11-35)14-30(33)37/h4-5,13-16,18,24H,2-3,6-12,19H2,1H3,(H2,33,37). The number of hydrogen-bond donors (Lipinski definition) is 1. The van der Waals surface area contributed by atoms with Gasteiger partial charge in [-0.2, -0.15) is 5.26 Å².